The number of hydrogen-bond acceptors (Lipinski definition) is 2. The molecule has 110 valence electrons. The van der Waals surface area contributed by atoms with E-state index in [1.54, 1.807) is 12.1 Å². The molecule has 1 aromatic carbocycles. The van der Waals surface area contributed by atoms with Gasteiger partial charge in [-0.25, -0.2) is 4.39 Å². The van der Waals surface area contributed by atoms with Crippen LogP contribution in [0.25, 0.3) is 0 Å². The highest BCUT2D eigenvalue weighted by Gasteiger charge is 2.46. The fraction of sp³-hybridized carbons (Fsp3) is 0.625. The zero-order valence-corrected chi connectivity index (χ0v) is 13.7. The molecular formula is C16H22BrFN2. The molecule has 2 fully saturated rings. The van der Waals surface area contributed by atoms with Crippen molar-refractivity contribution < 1.29 is 4.39 Å². The second-order valence-corrected chi connectivity index (χ2v) is 7.27. The number of anilines is 1. The Morgan fingerprint density at radius 1 is 1.45 bits per heavy atom. The summed E-state index contributed by atoms with van der Waals surface area (Å²) in [4.78, 5) is 2.27. The lowest BCUT2D eigenvalue weighted by atomic mass is 9.90. The molecule has 2 nitrogen and oxygen atoms in total. The summed E-state index contributed by atoms with van der Waals surface area (Å²) < 4.78 is 15.2. The van der Waals surface area contributed by atoms with Crippen LogP contribution in [0.15, 0.2) is 22.7 Å². The number of hydrogen-bond donors (Lipinski definition) is 1. The van der Waals surface area contributed by atoms with E-state index in [1.165, 1.54) is 12.8 Å². The molecule has 4 heteroatoms. The Bertz CT molecular complexity index is 503. The van der Waals surface area contributed by atoms with Crippen LogP contribution in [-0.4, -0.2) is 24.7 Å². The van der Waals surface area contributed by atoms with Crippen LogP contribution in [-0.2, 0) is 0 Å². The van der Waals surface area contributed by atoms with E-state index in [9.17, 15) is 4.39 Å². The lowest BCUT2D eigenvalue weighted by Gasteiger charge is -2.47. The lowest BCUT2D eigenvalue weighted by Crippen LogP contribution is -2.64. The van der Waals surface area contributed by atoms with Crippen molar-refractivity contribution in [3.05, 3.63) is 28.5 Å². The van der Waals surface area contributed by atoms with Crippen LogP contribution in [0.1, 0.15) is 33.1 Å². The van der Waals surface area contributed by atoms with Gasteiger partial charge in [0.25, 0.3) is 0 Å². The number of nitrogens with zero attached hydrogens (tertiary/aromatic N) is 1. The maximum atomic E-state index is 14.2. The van der Waals surface area contributed by atoms with Gasteiger partial charge in [0, 0.05) is 29.1 Å². The Balaban J connectivity index is 1.92. The summed E-state index contributed by atoms with van der Waals surface area (Å²) in [7, 11) is 0. The molecule has 0 aromatic heterocycles. The fourth-order valence-corrected chi connectivity index (χ4v) is 3.70. The average molecular weight is 341 g/mol. The molecule has 1 heterocycles. The third-order valence-electron chi connectivity index (χ3n) is 4.85. The highest BCUT2D eigenvalue weighted by atomic mass is 79.9. The molecule has 1 aromatic rings. The molecule has 2 aliphatic rings. The van der Waals surface area contributed by atoms with Crippen molar-refractivity contribution in [2.24, 2.45) is 5.92 Å². The smallest absolute Gasteiger partial charge is 0.146 e. The van der Waals surface area contributed by atoms with E-state index in [0.717, 1.165) is 35.6 Å². The third kappa shape index (κ3) is 2.60. The van der Waals surface area contributed by atoms with Crippen LogP contribution in [0.5, 0.6) is 0 Å². The summed E-state index contributed by atoms with van der Waals surface area (Å²) in [6.45, 7) is 6.30. The Kier molecular flexibility index (Phi) is 3.80. The minimum Gasteiger partial charge on any atom is -0.363 e. The number of nitrogens with one attached hydrogen (secondary N) is 1. The SMILES string of the molecule is CCC1CNC(C)(C2CC2)CN1c1cc(Br)ccc1F. The summed E-state index contributed by atoms with van der Waals surface area (Å²) in [6.07, 6.45) is 3.63. The van der Waals surface area contributed by atoms with Gasteiger partial charge in [-0.2, -0.15) is 0 Å². The van der Waals surface area contributed by atoms with Gasteiger partial charge in [0.05, 0.1) is 5.69 Å². The van der Waals surface area contributed by atoms with E-state index in [1.807, 2.05) is 6.07 Å². The maximum Gasteiger partial charge on any atom is 0.146 e. The predicted molar refractivity (Wildman–Crippen MR) is 84.7 cm³/mol. The number of piperazine rings is 1. The second-order valence-electron chi connectivity index (χ2n) is 6.36. The van der Waals surface area contributed by atoms with E-state index in [4.69, 9.17) is 0 Å². The normalized spacial score (nSPS) is 30.6. The van der Waals surface area contributed by atoms with Gasteiger partial charge in [-0.05, 0) is 50.3 Å². The molecular weight excluding hydrogens is 319 g/mol. The van der Waals surface area contributed by atoms with E-state index >= 15 is 0 Å². The lowest BCUT2D eigenvalue weighted by molar-refractivity contribution is 0.251. The highest BCUT2D eigenvalue weighted by Crippen LogP contribution is 2.42. The van der Waals surface area contributed by atoms with Crippen LogP contribution < -0.4 is 10.2 Å². The minimum absolute atomic E-state index is 0.119. The Labute approximate surface area is 128 Å². The molecule has 0 bridgehead atoms. The zero-order chi connectivity index (χ0) is 14.3. The van der Waals surface area contributed by atoms with Crippen molar-refractivity contribution in [1.82, 2.24) is 5.32 Å². The van der Waals surface area contributed by atoms with Gasteiger partial charge in [0.15, 0.2) is 0 Å². The number of halogens is 2. The van der Waals surface area contributed by atoms with Crippen LogP contribution in [0.4, 0.5) is 10.1 Å². The van der Waals surface area contributed by atoms with Crippen molar-refractivity contribution in [1.29, 1.82) is 0 Å². The van der Waals surface area contributed by atoms with E-state index in [2.05, 4.69) is 40.0 Å². The second kappa shape index (κ2) is 5.30. The van der Waals surface area contributed by atoms with Gasteiger partial charge in [-0.15, -0.1) is 0 Å². The molecule has 0 radical (unpaired) electrons. The molecule has 1 N–H and O–H groups in total. The van der Waals surface area contributed by atoms with Gasteiger partial charge in [0.2, 0.25) is 0 Å². The first-order chi connectivity index (χ1) is 9.53. The quantitative estimate of drug-likeness (QED) is 0.896. The summed E-state index contributed by atoms with van der Waals surface area (Å²) >= 11 is 3.47. The Morgan fingerprint density at radius 3 is 2.85 bits per heavy atom. The first-order valence-electron chi connectivity index (χ1n) is 7.50. The molecule has 1 aliphatic heterocycles. The molecule has 1 aliphatic carbocycles. The molecule has 0 spiro atoms. The summed E-state index contributed by atoms with van der Waals surface area (Å²) in [5.74, 6) is 0.629. The third-order valence-corrected chi connectivity index (χ3v) is 5.34. The molecule has 1 saturated heterocycles. The predicted octanol–water partition coefficient (Wildman–Crippen LogP) is 3.95. The van der Waals surface area contributed by atoms with Crippen LogP contribution in [0.3, 0.4) is 0 Å². The van der Waals surface area contributed by atoms with Gasteiger partial charge < -0.3 is 10.2 Å². The highest BCUT2D eigenvalue weighted by molar-refractivity contribution is 9.10. The van der Waals surface area contributed by atoms with Crippen molar-refractivity contribution in [3.63, 3.8) is 0 Å². The molecule has 0 amide bonds. The van der Waals surface area contributed by atoms with Crippen LogP contribution in [0, 0.1) is 11.7 Å². The largest absolute Gasteiger partial charge is 0.363 e. The summed E-state index contributed by atoms with van der Waals surface area (Å²) in [5.41, 5.74) is 0.861. The molecule has 20 heavy (non-hydrogen) atoms. The Hall–Kier alpha value is -0.610. The molecule has 1 saturated carbocycles. The van der Waals surface area contributed by atoms with Crippen molar-refractivity contribution in [2.45, 2.75) is 44.7 Å². The molecule has 3 rings (SSSR count). The monoisotopic (exact) mass is 340 g/mol. The van der Waals surface area contributed by atoms with Gasteiger partial charge in [-0.1, -0.05) is 22.9 Å². The maximum absolute atomic E-state index is 14.2. The summed E-state index contributed by atoms with van der Waals surface area (Å²) in [6, 6.07) is 5.60. The van der Waals surface area contributed by atoms with E-state index in [0.29, 0.717) is 6.04 Å². The topological polar surface area (TPSA) is 15.3 Å². The standard InChI is InChI=1S/C16H22BrFN2/c1-3-13-9-19-16(2,11-4-5-11)10-20(13)15-8-12(17)6-7-14(15)18/h6-8,11,13,19H,3-5,9-10H2,1-2H3. The first-order valence-corrected chi connectivity index (χ1v) is 8.29. The molecule has 2 unspecified atom stereocenters. The van der Waals surface area contributed by atoms with Gasteiger partial charge in [-0.3, -0.25) is 0 Å². The summed E-state index contributed by atoms with van der Waals surface area (Å²) in [5, 5.41) is 3.72. The first kappa shape index (κ1) is 14.3. The molecule has 2 atom stereocenters. The van der Waals surface area contributed by atoms with Crippen molar-refractivity contribution >= 4 is 21.6 Å². The van der Waals surface area contributed by atoms with Crippen molar-refractivity contribution in [2.75, 3.05) is 18.0 Å². The minimum atomic E-state index is -0.119. The van der Waals surface area contributed by atoms with Crippen LogP contribution >= 0.6 is 15.9 Å². The van der Waals surface area contributed by atoms with Crippen molar-refractivity contribution in [3.8, 4) is 0 Å². The van der Waals surface area contributed by atoms with E-state index in [-0.39, 0.29) is 11.4 Å². The van der Waals surface area contributed by atoms with E-state index < -0.39 is 0 Å². The number of benzene rings is 1. The van der Waals surface area contributed by atoms with Crippen LogP contribution in [0.2, 0.25) is 0 Å². The number of rotatable bonds is 3. The average Bonchev–Trinajstić information content (AvgIpc) is 3.26. The Morgan fingerprint density at radius 2 is 2.20 bits per heavy atom. The van der Waals surface area contributed by atoms with Gasteiger partial charge >= 0.3 is 0 Å². The fourth-order valence-electron chi connectivity index (χ4n) is 3.35. The zero-order valence-electron chi connectivity index (χ0n) is 12.1. The van der Waals surface area contributed by atoms with Gasteiger partial charge in [0.1, 0.15) is 5.82 Å².